The summed E-state index contributed by atoms with van der Waals surface area (Å²) in [5, 5.41) is 10.7. The molecule has 8 heavy (non-hydrogen) atoms. The van der Waals surface area contributed by atoms with E-state index >= 15 is 0 Å². The molecule has 0 aromatic carbocycles. The summed E-state index contributed by atoms with van der Waals surface area (Å²) in [6, 6.07) is 0. The Morgan fingerprint density at radius 1 is 1.12 bits per heavy atom. The first-order valence-electron chi connectivity index (χ1n) is 3.45. The summed E-state index contributed by atoms with van der Waals surface area (Å²) in [6.07, 6.45) is 3.93. The summed E-state index contributed by atoms with van der Waals surface area (Å²) in [7, 11) is 0. The summed E-state index contributed by atoms with van der Waals surface area (Å²) in [6.45, 7) is 2.23. The van der Waals surface area contributed by atoms with Gasteiger partial charge in [-0.3, -0.25) is 0 Å². The van der Waals surface area contributed by atoms with Crippen molar-refractivity contribution >= 4 is 0 Å². The molecule has 0 radical (unpaired) electrons. The molecule has 0 spiro atoms. The Morgan fingerprint density at radius 3 is 2.00 bits per heavy atom. The Morgan fingerprint density at radius 2 is 1.62 bits per heavy atom. The monoisotopic (exact) mass is 113 g/mol. The minimum atomic E-state index is -0.230. The van der Waals surface area contributed by atoms with Gasteiger partial charge in [0.25, 0.3) is 0 Å². The number of hydrogen-bond acceptors (Lipinski definition) is 1. The molecule has 0 bridgehead atoms. The van der Waals surface area contributed by atoms with E-state index in [1.165, 1.54) is 0 Å². The maximum Gasteiger partial charge on any atom is -0.0444 e. The molecule has 0 atom stereocenters. The molecule has 1 aliphatic carbocycles. The lowest BCUT2D eigenvalue weighted by atomic mass is 9.89. The molecule has 0 aromatic heterocycles. The Labute approximate surface area is 50.7 Å². The van der Waals surface area contributed by atoms with Gasteiger partial charge >= 0.3 is 0 Å². The van der Waals surface area contributed by atoms with Crippen LogP contribution >= 0.6 is 0 Å². The number of rotatable bonds is 0. The van der Waals surface area contributed by atoms with Crippen LogP contribution in [-0.2, 0) is 0 Å². The van der Waals surface area contributed by atoms with E-state index in [4.69, 9.17) is 0 Å². The predicted octanol–water partition coefficient (Wildman–Crippen LogP) is 0.925. The average molecular weight is 113 g/mol. The van der Waals surface area contributed by atoms with E-state index < -0.39 is 0 Å². The van der Waals surface area contributed by atoms with E-state index in [1.807, 2.05) is 0 Å². The smallest absolute Gasteiger partial charge is 0.0444 e. The maximum absolute atomic E-state index is 10.7. The van der Waals surface area contributed by atoms with Gasteiger partial charge in [-0.2, -0.15) is 0 Å². The van der Waals surface area contributed by atoms with Gasteiger partial charge < -0.3 is 5.11 Å². The molecule has 1 rings (SSSR count). The van der Waals surface area contributed by atoms with Crippen molar-refractivity contribution in [2.75, 3.05) is 0 Å². The Kier molecular flexibility index (Phi) is 1.90. The van der Waals surface area contributed by atoms with Gasteiger partial charge in [0.05, 0.1) is 0 Å². The first-order valence-corrected chi connectivity index (χ1v) is 3.45. The van der Waals surface area contributed by atoms with E-state index in [0.717, 1.165) is 31.6 Å². The molecule has 1 heteroatoms. The molecule has 1 aliphatic rings. The largest absolute Gasteiger partial charge is 0.852 e. The summed E-state index contributed by atoms with van der Waals surface area (Å²) >= 11 is 0. The van der Waals surface area contributed by atoms with Crippen LogP contribution in [0.15, 0.2) is 0 Å². The molecule has 0 heterocycles. The van der Waals surface area contributed by atoms with Crippen molar-refractivity contribution in [2.24, 2.45) is 5.92 Å². The summed E-state index contributed by atoms with van der Waals surface area (Å²) in [5.41, 5.74) is 0. The van der Waals surface area contributed by atoms with Gasteiger partial charge in [-0.15, -0.1) is 6.10 Å². The highest BCUT2D eigenvalue weighted by Gasteiger charge is 2.09. The van der Waals surface area contributed by atoms with E-state index in [1.54, 1.807) is 0 Å². The lowest BCUT2D eigenvalue weighted by molar-refractivity contribution is -0.426. The van der Waals surface area contributed by atoms with Crippen LogP contribution < -0.4 is 5.11 Å². The van der Waals surface area contributed by atoms with Crippen LogP contribution in [0.5, 0.6) is 0 Å². The minimum absolute atomic E-state index is 0.230. The third-order valence-corrected chi connectivity index (χ3v) is 1.96. The van der Waals surface area contributed by atoms with Crippen molar-refractivity contribution in [1.29, 1.82) is 0 Å². The molecule has 1 nitrogen and oxygen atoms in total. The fourth-order valence-corrected chi connectivity index (χ4v) is 1.23. The average Bonchev–Trinajstić information content (AvgIpc) is 1.77. The van der Waals surface area contributed by atoms with Crippen LogP contribution in [0.3, 0.4) is 0 Å². The van der Waals surface area contributed by atoms with Crippen LogP contribution in [0.2, 0.25) is 0 Å². The van der Waals surface area contributed by atoms with Crippen LogP contribution in [0.4, 0.5) is 0 Å². The van der Waals surface area contributed by atoms with Gasteiger partial charge in [-0.05, 0) is 5.92 Å². The molecule has 1 saturated carbocycles. The van der Waals surface area contributed by atoms with Crippen molar-refractivity contribution in [3.8, 4) is 0 Å². The highest BCUT2D eigenvalue weighted by atomic mass is 16.3. The molecular formula is C7H13O-. The summed E-state index contributed by atoms with van der Waals surface area (Å²) in [5.74, 6) is 0.820. The van der Waals surface area contributed by atoms with Gasteiger partial charge in [0.1, 0.15) is 0 Å². The zero-order valence-electron chi connectivity index (χ0n) is 5.39. The fraction of sp³-hybridized carbons (Fsp3) is 1.00. The molecule has 0 aromatic rings. The van der Waals surface area contributed by atoms with Crippen LogP contribution in [0.1, 0.15) is 32.6 Å². The van der Waals surface area contributed by atoms with Gasteiger partial charge in [0, 0.05) is 0 Å². The first-order chi connectivity index (χ1) is 3.79. The van der Waals surface area contributed by atoms with Crippen LogP contribution in [-0.4, -0.2) is 6.10 Å². The van der Waals surface area contributed by atoms with E-state index in [2.05, 4.69) is 6.92 Å². The molecular weight excluding hydrogens is 100 g/mol. The third kappa shape index (κ3) is 1.48. The standard InChI is InChI=1S/C7H13O/c1-6-2-4-7(8)5-3-6/h6-7H,2-5H2,1H3/q-1. The van der Waals surface area contributed by atoms with Crippen molar-refractivity contribution in [2.45, 2.75) is 38.7 Å². The summed E-state index contributed by atoms with van der Waals surface area (Å²) < 4.78 is 0. The van der Waals surface area contributed by atoms with Crippen molar-refractivity contribution < 1.29 is 5.11 Å². The number of hydrogen-bond donors (Lipinski definition) is 0. The van der Waals surface area contributed by atoms with Gasteiger partial charge in [0.15, 0.2) is 0 Å². The first kappa shape index (κ1) is 6.09. The van der Waals surface area contributed by atoms with Crippen molar-refractivity contribution in [1.82, 2.24) is 0 Å². The fourth-order valence-electron chi connectivity index (χ4n) is 1.23. The molecule has 1 fully saturated rings. The SMILES string of the molecule is CC1CCC([O-])CC1. The minimum Gasteiger partial charge on any atom is -0.852 e. The predicted molar refractivity (Wildman–Crippen MR) is 31.4 cm³/mol. The van der Waals surface area contributed by atoms with E-state index in [-0.39, 0.29) is 6.10 Å². The molecule has 0 N–H and O–H groups in total. The van der Waals surface area contributed by atoms with Crippen molar-refractivity contribution in [3.63, 3.8) is 0 Å². The Hall–Kier alpha value is -0.0400. The second kappa shape index (κ2) is 2.49. The second-order valence-corrected chi connectivity index (χ2v) is 2.88. The van der Waals surface area contributed by atoms with E-state index in [0.29, 0.717) is 0 Å². The maximum atomic E-state index is 10.7. The molecule has 48 valence electrons. The molecule has 0 amide bonds. The zero-order chi connectivity index (χ0) is 5.98. The third-order valence-electron chi connectivity index (χ3n) is 1.96. The van der Waals surface area contributed by atoms with Crippen LogP contribution in [0, 0.1) is 5.92 Å². The molecule has 0 saturated heterocycles. The van der Waals surface area contributed by atoms with Crippen LogP contribution in [0.25, 0.3) is 0 Å². The zero-order valence-corrected chi connectivity index (χ0v) is 5.39. The van der Waals surface area contributed by atoms with Gasteiger partial charge in [0.2, 0.25) is 0 Å². The van der Waals surface area contributed by atoms with E-state index in [9.17, 15) is 5.11 Å². The highest BCUT2D eigenvalue weighted by molar-refractivity contribution is 4.66. The van der Waals surface area contributed by atoms with Gasteiger partial charge in [-0.25, -0.2) is 0 Å². The quantitative estimate of drug-likeness (QED) is 0.458. The highest BCUT2D eigenvalue weighted by Crippen LogP contribution is 2.21. The van der Waals surface area contributed by atoms with Crippen molar-refractivity contribution in [3.05, 3.63) is 0 Å². The topological polar surface area (TPSA) is 23.1 Å². The normalized spacial score (nSPS) is 39.8. The molecule has 0 unspecified atom stereocenters. The van der Waals surface area contributed by atoms with Gasteiger partial charge in [-0.1, -0.05) is 32.6 Å². The molecule has 0 aliphatic heterocycles. The lowest BCUT2D eigenvalue weighted by Gasteiger charge is -2.30. The Balaban J connectivity index is 2.19. The second-order valence-electron chi connectivity index (χ2n) is 2.88. The Bertz CT molecular complexity index is 52.8. The summed E-state index contributed by atoms with van der Waals surface area (Å²) in [4.78, 5) is 0. The lowest BCUT2D eigenvalue weighted by Crippen LogP contribution is -2.29.